The largest absolute Gasteiger partial charge is 0.456 e. The van der Waals surface area contributed by atoms with Gasteiger partial charge in [-0.3, -0.25) is 4.79 Å². The SMILES string of the molecule is O=C(OC12CC3CC(CC(C3)C1)C2)C1(F)CCc2ccc(F)cc2C1=O. The summed E-state index contributed by atoms with van der Waals surface area (Å²) in [5.74, 6) is -0.937. The predicted octanol–water partition coefficient (Wildman–Crippen LogP) is 4.17. The van der Waals surface area contributed by atoms with Crippen molar-refractivity contribution in [1.29, 1.82) is 0 Å². The average Bonchev–Trinajstić information content (AvgIpc) is 2.57. The number of benzene rings is 1. The van der Waals surface area contributed by atoms with Crippen LogP contribution in [-0.4, -0.2) is 23.0 Å². The van der Waals surface area contributed by atoms with E-state index in [9.17, 15) is 14.0 Å². The molecule has 1 atom stereocenters. The zero-order chi connectivity index (χ0) is 18.1. The molecule has 1 unspecified atom stereocenters. The maximum absolute atomic E-state index is 15.5. The summed E-state index contributed by atoms with van der Waals surface area (Å²) in [7, 11) is 0. The van der Waals surface area contributed by atoms with Gasteiger partial charge in [-0.25, -0.2) is 13.6 Å². The van der Waals surface area contributed by atoms with Crippen LogP contribution in [0.2, 0.25) is 0 Å². The second-order valence-electron chi connectivity index (χ2n) is 8.92. The van der Waals surface area contributed by atoms with Crippen molar-refractivity contribution >= 4 is 11.8 Å². The maximum atomic E-state index is 15.5. The lowest BCUT2D eigenvalue weighted by molar-refractivity contribution is -0.196. The van der Waals surface area contributed by atoms with Crippen LogP contribution in [-0.2, 0) is 16.0 Å². The number of esters is 1. The van der Waals surface area contributed by atoms with Gasteiger partial charge in [-0.2, -0.15) is 0 Å². The molecule has 6 rings (SSSR count). The van der Waals surface area contributed by atoms with Crippen LogP contribution in [0.4, 0.5) is 8.78 Å². The van der Waals surface area contributed by atoms with Crippen molar-refractivity contribution in [3.8, 4) is 0 Å². The number of ketones is 1. The summed E-state index contributed by atoms with van der Waals surface area (Å²) in [5.41, 5.74) is -2.72. The van der Waals surface area contributed by atoms with Crippen LogP contribution in [0.5, 0.6) is 0 Å². The molecular formula is C21H22F2O3. The summed E-state index contributed by atoms with van der Waals surface area (Å²) in [6.07, 6.45) is 5.93. The molecule has 4 fully saturated rings. The lowest BCUT2D eigenvalue weighted by Crippen LogP contribution is -2.56. The molecule has 3 nitrogen and oxygen atoms in total. The van der Waals surface area contributed by atoms with Gasteiger partial charge in [0.05, 0.1) is 0 Å². The van der Waals surface area contributed by atoms with E-state index in [0.29, 0.717) is 23.3 Å². The molecule has 5 aliphatic rings. The first-order valence-corrected chi connectivity index (χ1v) is 9.62. The van der Waals surface area contributed by atoms with Crippen molar-refractivity contribution in [2.75, 3.05) is 0 Å². The fourth-order valence-corrected chi connectivity index (χ4v) is 6.24. The van der Waals surface area contributed by atoms with E-state index in [4.69, 9.17) is 4.74 Å². The Morgan fingerprint density at radius 2 is 1.69 bits per heavy atom. The summed E-state index contributed by atoms with van der Waals surface area (Å²) in [6.45, 7) is 0. The predicted molar refractivity (Wildman–Crippen MR) is 89.9 cm³/mol. The monoisotopic (exact) mass is 360 g/mol. The standard InChI is InChI=1S/C21H22F2O3/c22-16-2-1-15-3-4-21(23,18(24)17(15)8-16)19(25)26-20-9-12-5-13(10-20)7-14(6-12)11-20/h1-2,8,12-14H,3-7,9-11H2. The highest BCUT2D eigenvalue weighted by molar-refractivity contribution is 6.16. The van der Waals surface area contributed by atoms with Crippen molar-refractivity contribution in [3.05, 3.63) is 35.1 Å². The summed E-state index contributed by atoms with van der Waals surface area (Å²) in [6, 6.07) is 3.78. The highest BCUT2D eigenvalue weighted by Crippen LogP contribution is 2.57. The average molecular weight is 360 g/mol. The maximum Gasteiger partial charge on any atom is 0.352 e. The molecule has 0 aliphatic heterocycles. The van der Waals surface area contributed by atoms with Gasteiger partial charge in [0.25, 0.3) is 5.67 Å². The van der Waals surface area contributed by atoms with Crippen molar-refractivity contribution in [1.82, 2.24) is 0 Å². The smallest absolute Gasteiger partial charge is 0.352 e. The van der Waals surface area contributed by atoms with Crippen molar-refractivity contribution in [3.63, 3.8) is 0 Å². The first-order valence-electron chi connectivity index (χ1n) is 9.62. The molecule has 5 aliphatic carbocycles. The van der Waals surface area contributed by atoms with Gasteiger partial charge >= 0.3 is 5.97 Å². The van der Waals surface area contributed by atoms with Crippen molar-refractivity contribution in [2.45, 2.75) is 62.6 Å². The molecule has 26 heavy (non-hydrogen) atoms. The third-order valence-corrected chi connectivity index (χ3v) is 7.03. The quantitative estimate of drug-likeness (QED) is 0.587. The van der Waals surface area contributed by atoms with Gasteiger partial charge in [-0.05, 0) is 80.4 Å². The number of fused-ring (bicyclic) bond motifs is 1. The highest BCUT2D eigenvalue weighted by atomic mass is 19.1. The number of carbonyl (C=O) groups excluding carboxylic acids is 2. The van der Waals surface area contributed by atoms with Crippen molar-refractivity contribution < 1.29 is 23.1 Å². The minimum absolute atomic E-state index is 0.0267. The number of hydrogen-bond acceptors (Lipinski definition) is 3. The zero-order valence-electron chi connectivity index (χ0n) is 14.6. The molecular weight excluding hydrogens is 338 g/mol. The molecule has 5 heteroatoms. The van der Waals surface area contributed by atoms with Crippen molar-refractivity contribution in [2.24, 2.45) is 17.8 Å². The van der Waals surface area contributed by atoms with Crippen LogP contribution in [0.25, 0.3) is 0 Å². The summed E-state index contributed by atoms with van der Waals surface area (Å²) in [4.78, 5) is 25.5. The van der Waals surface area contributed by atoms with Crippen LogP contribution in [0.3, 0.4) is 0 Å². The zero-order valence-corrected chi connectivity index (χ0v) is 14.6. The summed E-state index contributed by atoms with van der Waals surface area (Å²) >= 11 is 0. The fourth-order valence-electron chi connectivity index (χ4n) is 6.24. The number of halogens is 2. The normalized spacial score (nSPS) is 40.4. The Morgan fingerprint density at radius 3 is 2.31 bits per heavy atom. The summed E-state index contributed by atoms with van der Waals surface area (Å²) < 4.78 is 34.8. The molecule has 0 saturated heterocycles. The number of alkyl halides is 1. The Kier molecular flexibility index (Phi) is 3.38. The van der Waals surface area contributed by atoms with Gasteiger partial charge in [-0.1, -0.05) is 6.07 Å². The molecule has 4 bridgehead atoms. The molecule has 138 valence electrons. The van der Waals surface area contributed by atoms with Crippen LogP contribution >= 0.6 is 0 Å². The number of ether oxygens (including phenoxy) is 1. The van der Waals surface area contributed by atoms with E-state index < -0.39 is 28.8 Å². The third kappa shape index (κ3) is 2.35. The minimum atomic E-state index is -2.69. The van der Waals surface area contributed by atoms with E-state index in [1.54, 1.807) is 0 Å². The molecule has 0 spiro atoms. The number of aryl methyl sites for hydroxylation is 1. The fraction of sp³-hybridized carbons (Fsp3) is 0.619. The van der Waals surface area contributed by atoms with Crippen LogP contribution in [0.1, 0.15) is 60.9 Å². The Balaban J connectivity index is 1.41. The third-order valence-electron chi connectivity index (χ3n) is 7.03. The second-order valence-corrected chi connectivity index (χ2v) is 8.92. The Labute approximate surface area is 151 Å². The first kappa shape index (κ1) is 16.4. The van der Waals surface area contributed by atoms with E-state index in [2.05, 4.69) is 0 Å². The second kappa shape index (κ2) is 5.37. The topological polar surface area (TPSA) is 43.4 Å². The molecule has 1 aromatic rings. The van der Waals surface area contributed by atoms with Gasteiger partial charge in [-0.15, -0.1) is 0 Å². The van der Waals surface area contributed by atoms with E-state index in [1.165, 1.54) is 31.4 Å². The van der Waals surface area contributed by atoms with Crippen LogP contribution in [0.15, 0.2) is 18.2 Å². The number of rotatable bonds is 2. The van der Waals surface area contributed by atoms with Gasteiger partial charge < -0.3 is 4.74 Å². The number of hydrogen-bond donors (Lipinski definition) is 0. The molecule has 0 amide bonds. The minimum Gasteiger partial charge on any atom is -0.456 e. The molecule has 0 N–H and O–H groups in total. The highest BCUT2D eigenvalue weighted by Gasteiger charge is 2.57. The molecule has 1 aromatic carbocycles. The van der Waals surface area contributed by atoms with Gasteiger partial charge in [0.1, 0.15) is 11.4 Å². The van der Waals surface area contributed by atoms with Crippen LogP contribution in [0, 0.1) is 23.6 Å². The molecule has 0 heterocycles. The molecule has 0 aromatic heterocycles. The lowest BCUT2D eigenvalue weighted by atomic mass is 9.54. The van der Waals surface area contributed by atoms with E-state index in [0.717, 1.165) is 25.3 Å². The Hall–Kier alpha value is -1.78. The Bertz CT molecular complexity index is 767. The van der Waals surface area contributed by atoms with E-state index in [-0.39, 0.29) is 18.4 Å². The van der Waals surface area contributed by atoms with Gasteiger partial charge in [0.2, 0.25) is 5.78 Å². The molecule has 4 saturated carbocycles. The molecule has 0 radical (unpaired) electrons. The Morgan fingerprint density at radius 1 is 1.08 bits per heavy atom. The summed E-state index contributed by atoms with van der Waals surface area (Å²) in [5, 5.41) is 0. The lowest BCUT2D eigenvalue weighted by Gasteiger charge is -2.56. The number of Topliss-reactive ketones (excluding diaryl/α,β-unsaturated/α-hetero) is 1. The van der Waals surface area contributed by atoms with Gasteiger partial charge in [0.15, 0.2) is 0 Å². The first-order chi connectivity index (χ1) is 12.4. The van der Waals surface area contributed by atoms with E-state index >= 15 is 4.39 Å². The van der Waals surface area contributed by atoms with E-state index in [1.807, 2.05) is 0 Å². The van der Waals surface area contributed by atoms with Gasteiger partial charge in [0, 0.05) is 12.0 Å². The number of carbonyl (C=O) groups is 2. The van der Waals surface area contributed by atoms with Crippen LogP contribution < -0.4 is 0 Å².